The molecule has 1 atom stereocenters. The van der Waals surface area contributed by atoms with Crippen LogP contribution in [0, 0.1) is 5.82 Å². The van der Waals surface area contributed by atoms with E-state index in [4.69, 9.17) is 4.74 Å². The molecule has 1 aromatic rings. The Morgan fingerprint density at radius 3 is 2.80 bits per heavy atom. The van der Waals surface area contributed by atoms with E-state index in [1.54, 1.807) is 18.2 Å². The summed E-state index contributed by atoms with van der Waals surface area (Å²) >= 11 is 0. The number of rotatable bonds is 5. The molecule has 1 N–H and O–H groups in total. The highest BCUT2D eigenvalue weighted by atomic mass is 19.1. The van der Waals surface area contributed by atoms with Crippen LogP contribution in [0.4, 0.5) is 4.39 Å². The Bertz CT molecular complexity index is 314. The molecular formula is C12H18FNO. The summed E-state index contributed by atoms with van der Waals surface area (Å²) in [6, 6.07) is 5.23. The molecular weight excluding hydrogens is 193 g/mol. The van der Waals surface area contributed by atoms with E-state index in [9.17, 15) is 4.39 Å². The second kappa shape index (κ2) is 5.71. The van der Waals surface area contributed by atoms with E-state index in [0.717, 1.165) is 13.0 Å². The fraction of sp³-hybridized carbons (Fsp3) is 0.500. The molecule has 3 heteroatoms. The Balaban J connectivity index is 2.83. The third-order valence-electron chi connectivity index (χ3n) is 2.38. The van der Waals surface area contributed by atoms with Gasteiger partial charge in [-0.1, -0.05) is 19.1 Å². The summed E-state index contributed by atoms with van der Waals surface area (Å²) in [6.45, 7) is 4.92. The molecule has 2 nitrogen and oxygen atoms in total. The number of hydrogen-bond acceptors (Lipinski definition) is 2. The highest BCUT2D eigenvalue weighted by Crippen LogP contribution is 2.24. The van der Waals surface area contributed by atoms with Gasteiger partial charge < -0.3 is 10.1 Å². The van der Waals surface area contributed by atoms with E-state index >= 15 is 0 Å². The van der Waals surface area contributed by atoms with Crippen molar-refractivity contribution in [3.63, 3.8) is 0 Å². The highest BCUT2D eigenvalue weighted by molar-refractivity contribution is 5.32. The van der Waals surface area contributed by atoms with Gasteiger partial charge in [-0.05, 0) is 26.0 Å². The molecule has 0 aromatic heterocycles. The van der Waals surface area contributed by atoms with E-state index in [1.807, 2.05) is 6.92 Å². The van der Waals surface area contributed by atoms with Crippen molar-refractivity contribution in [3.8, 4) is 5.75 Å². The number of hydrogen-bond donors (Lipinski definition) is 1. The summed E-state index contributed by atoms with van der Waals surface area (Å²) in [7, 11) is 1.48. The molecule has 1 rings (SSSR count). The van der Waals surface area contributed by atoms with Gasteiger partial charge in [0.25, 0.3) is 0 Å². The minimum atomic E-state index is -0.267. The first-order valence-electron chi connectivity index (χ1n) is 5.26. The van der Waals surface area contributed by atoms with Crippen molar-refractivity contribution >= 4 is 0 Å². The minimum absolute atomic E-state index is 0.0139. The number of ether oxygens (including phenoxy) is 1. The molecule has 0 heterocycles. The van der Waals surface area contributed by atoms with Crippen molar-refractivity contribution in [1.82, 2.24) is 5.32 Å². The number of methoxy groups -OCH3 is 1. The normalized spacial score (nSPS) is 12.5. The molecule has 1 unspecified atom stereocenters. The fourth-order valence-corrected chi connectivity index (χ4v) is 1.49. The van der Waals surface area contributed by atoms with Crippen molar-refractivity contribution in [2.45, 2.75) is 26.3 Å². The maximum Gasteiger partial charge on any atom is 0.169 e. The molecule has 0 radical (unpaired) electrons. The molecule has 0 fully saturated rings. The van der Waals surface area contributed by atoms with Gasteiger partial charge in [0.15, 0.2) is 11.6 Å². The molecule has 0 amide bonds. The molecule has 0 saturated carbocycles. The molecule has 0 bridgehead atoms. The Kier molecular flexibility index (Phi) is 4.56. The first kappa shape index (κ1) is 12.0. The van der Waals surface area contributed by atoms with Crippen LogP contribution in [0.2, 0.25) is 0 Å². The van der Waals surface area contributed by atoms with Gasteiger partial charge in [-0.25, -0.2) is 4.39 Å². The third kappa shape index (κ3) is 2.93. The van der Waals surface area contributed by atoms with Crippen molar-refractivity contribution < 1.29 is 9.13 Å². The maximum absolute atomic E-state index is 13.8. The van der Waals surface area contributed by atoms with Gasteiger partial charge in [0.05, 0.1) is 7.11 Å². The van der Waals surface area contributed by atoms with Crippen LogP contribution in [0.25, 0.3) is 0 Å². The van der Waals surface area contributed by atoms with Crippen LogP contribution in [0.15, 0.2) is 18.2 Å². The Hall–Kier alpha value is -1.09. The highest BCUT2D eigenvalue weighted by Gasteiger charge is 2.13. The van der Waals surface area contributed by atoms with Crippen LogP contribution >= 0.6 is 0 Å². The fourth-order valence-electron chi connectivity index (χ4n) is 1.49. The van der Waals surface area contributed by atoms with E-state index in [0.29, 0.717) is 11.3 Å². The third-order valence-corrected chi connectivity index (χ3v) is 2.38. The van der Waals surface area contributed by atoms with Crippen molar-refractivity contribution in [2.75, 3.05) is 13.7 Å². The van der Waals surface area contributed by atoms with E-state index in [-0.39, 0.29) is 11.9 Å². The van der Waals surface area contributed by atoms with E-state index in [2.05, 4.69) is 12.2 Å². The summed E-state index contributed by atoms with van der Waals surface area (Å²) in [6.07, 6.45) is 1.04. The van der Waals surface area contributed by atoms with Crippen LogP contribution in [-0.2, 0) is 0 Å². The predicted octanol–water partition coefficient (Wildman–Crippen LogP) is 2.89. The molecule has 0 aliphatic heterocycles. The Labute approximate surface area is 90.4 Å². The molecule has 0 aliphatic carbocycles. The summed E-state index contributed by atoms with van der Waals surface area (Å²) in [4.78, 5) is 0. The standard InChI is InChI=1S/C12H18FNO/c1-4-8-14-9(2)10-6-5-7-11(15-3)12(10)13/h5-7,9,14H,4,8H2,1-3H3. The van der Waals surface area contributed by atoms with E-state index in [1.165, 1.54) is 7.11 Å². The zero-order valence-electron chi connectivity index (χ0n) is 9.51. The zero-order valence-corrected chi connectivity index (χ0v) is 9.51. The lowest BCUT2D eigenvalue weighted by molar-refractivity contribution is 0.380. The van der Waals surface area contributed by atoms with Crippen LogP contribution in [-0.4, -0.2) is 13.7 Å². The first-order chi connectivity index (χ1) is 7.20. The number of halogens is 1. The summed E-state index contributed by atoms with van der Waals surface area (Å²) in [5, 5.41) is 3.25. The zero-order chi connectivity index (χ0) is 11.3. The summed E-state index contributed by atoms with van der Waals surface area (Å²) in [5.41, 5.74) is 0.655. The maximum atomic E-state index is 13.8. The van der Waals surface area contributed by atoms with Gasteiger partial charge in [-0.15, -0.1) is 0 Å². The van der Waals surface area contributed by atoms with Gasteiger partial charge >= 0.3 is 0 Å². The summed E-state index contributed by atoms with van der Waals surface area (Å²) < 4.78 is 18.7. The van der Waals surface area contributed by atoms with Gasteiger partial charge in [0.2, 0.25) is 0 Å². The minimum Gasteiger partial charge on any atom is -0.494 e. The largest absolute Gasteiger partial charge is 0.494 e. The Morgan fingerprint density at radius 2 is 2.20 bits per heavy atom. The average Bonchev–Trinajstić information content (AvgIpc) is 2.26. The molecule has 0 spiro atoms. The van der Waals surface area contributed by atoms with Gasteiger partial charge in [-0.2, -0.15) is 0 Å². The smallest absolute Gasteiger partial charge is 0.169 e. The number of nitrogens with one attached hydrogen (secondary N) is 1. The molecule has 0 saturated heterocycles. The van der Waals surface area contributed by atoms with Gasteiger partial charge in [0, 0.05) is 11.6 Å². The first-order valence-corrected chi connectivity index (χ1v) is 5.26. The second-order valence-corrected chi connectivity index (χ2v) is 3.54. The summed E-state index contributed by atoms with van der Waals surface area (Å²) in [5.74, 6) is 0.0359. The average molecular weight is 211 g/mol. The molecule has 1 aromatic carbocycles. The van der Waals surface area contributed by atoms with Crippen LogP contribution in [0.1, 0.15) is 31.9 Å². The quantitative estimate of drug-likeness (QED) is 0.808. The monoisotopic (exact) mass is 211 g/mol. The predicted molar refractivity (Wildman–Crippen MR) is 59.7 cm³/mol. The Morgan fingerprint density at radius 1 is 1.47 bits per heavy atom. The van der Waals surface area contributed by atoms with Gasteiger partial charge in [0.1, 0.15) is 0 Å². The van der Waals surface area contributed by atoms with Crippen LogP contribution in [0.3, 0.4) is 0 Å². The van der Waals surface area contributed by atoms with Crippen molar-refractivity contribution in [3.05, 3.63) is 29.6 Å². The van der Waals surface area contributed by atoms with Crippen LogP contribution < -0.4 is 10.1 Å². The molecule has 0 aliphatic rings. The lowest BCUT2D eigenvalue weighted by Gasteiger charge is -2.15. The number of benzene rings is 1. The molecule has 15 heavy (non-hydrogen) atoms. The van der Waals surface area contributed by atoms with Gasteiger partial charge in [-0.3, -0.25) is 0 Å². The van der Waals surface area contributed by atoms with Crippen molar-refractivity contribution in [1.29, 1.82) is 0 Å². The SMILES string of the molecule is CCCNC(C)c1cccc(OC)c1F. The lowest BCUT2D eigenvalue weighted by Crippen LogP contribution is -2.20. The lowest BCUT2D eigenvalue weighted by atomic mass is 10.1. The molecule has 84 valence electrons. The van der Waals surface area contributed by atoms with Crippen molar-refractivity contribution in [2.24, 2.45) is 0 Å². The van der Waals surface area contributed by atoms with Crippen LogP contribution in [0.5, 0.6) is 5.75 Å². The second-order valence-electron chi connectivity index (χ2n) is 3.54. The topological polar surface area (TPSA) is 21.3 Å². The van der Waals surface area contributed by atoms with E-state index < -0.39 is 0 Å².